The standard InChI is InChI=1S/C15H20N2O5S/c18-14(19)10-22-13-3-1-2-12(16-13)17-7-4-15(11-17)5-8-23(20,21)9-6-15/h1-3H,4-11H2,(H,18,19). The molecule has 3 rings (SSSR count). The van der Waals surface area contributed by atoms with Crippen LogP contribution < -0.4 is 9.64 Å². The minimum Gasteiger partial charge on any atom is -0.479 e. The van der Waals surface area contributed by atoms with E-state index in [2.05, 4.69) is 9.88 Å². The van der Waals surface area contributed by atoms with Crippen molar-refractivity contribution in [2.45, 2.75) is 19.3 Å². The molecule has 1 spiro atoms. The number of hydrogen-bond donors (Lipinski definition) is 1. The van der Waals surface area contributed by atoms with E-state index in [1.165, 1.54) is 0 Å². The summed E-state index contributed by atoms with van der Waals surface area (Å²) >= 11 is 0. The Morgan fingerprint density at radius 3 is 2.74 bits per heavy atom. The molecule has 0 saturated carbocycles. The number of ether oxygens (including phenoxy) is 1. The van der Waals surface area contributed by atoms with Crippen molar-refractivity contribution in [2.75, 3.05) is 36.1 Å². The number of hydrogen-bond acceptors (Lipinski definition) is 6. The van der Waals surface area contributed by atoms with Crippen LogP contribution in [0.1, 0.15) is 19.3 Å². The fourth-order valence-corrected chi connectivity index (χ4v) is 5.00. The number of aliphatic carboxylic acids is 1. The summed E-state index contributed by atoms with van der Waals surface area (Å²) in [6, 6.07) is 5.29. The van der Waals surface area contributed by atoms with Gasteiger partial charge >= 0.3 is 5.97 Å². The Morgan fingerprint density at radius 1 is 1.30 bits per heavy atom. The van der Waals surface area contributed by atoms with E-state index in [0.29, 0.717) is 12.8 Å². The molecule has 0 aromatic carbocycles. The van der Waals surface area contributed by atoms with Crippen LogP contribution in [0.4, 0.5) is 5.82 Å². The van der Waals surface area contributed by atoms with E-state index >= 15 is 0 Å². The first-order valence-corrected chi connectivity index (χ1v) is 9.47. The highest BCUT2D eigenvalue weighted by Crippen LogP contribution is 2.42. The predicted molar refractivity (Wildman–Crippen MR) is 84.5 cm³/mol. The van der Waals surface area contributed by atoms with E-state index in [0.717, 1.165) is 25.3 Å². The summed E-state index contributed by atoms with van der Waals surface area (Å²) in [5.74, 6) is 0.544. The molecule has 0 unspecified atom stereocenters. The molecule has 1 N–H and O–H groups in total. The first kappa shape index (κ1) is 16.0. The third kappa shape index (κ3) is 3.74. The second kappa shape index (κ2) is 5.99. The van der Waals surface area contributed by atoms with E-state index in [9.17, 15) is 13.2 Å². The summed E-state index contributed by atoms with van der Waals surface area (Å²) in [5, 5.41) is 8.65. The summed E-state index contributed by atoms with van der Waals surface area (Å²) < 4.78 is 28.4. The van der Waals surface area contributed by atoms with Gasteiger partial charge in [-0.15, -0.1) is 0 Å². The molecule has 0 radical (unpaired) electrons. The van der Waals surface area contributed by atoms with Crippen molar-refractivity contribution in [3.8, 4) is 5.88 Å². The van der Waals surface area contributed by atoms with Crippen molar-refractivity contribution < 1.29 is 23.1 Å². The van der Waals surface area contributed by atoms with Gasteiger partial charge in [-0.1, -0.05) is 6.07 Å². The number of nitrogens with zero attached hydrogens (tertiary/aromatic N) is 2. The molecule has 1 aromatic heterocycles. The maximum absolute atomic E-state index is 11.6. The molecular weight excluding hydrogens is 320 g/mol. The number of carboxylic acids is 1. The minimum atomic E-state index is -2.86. The van der Waals surface area contributed by atoms with Crippen LogP contribution in [0.2, 0.25) is 0 Å². The fourth-order valence-electron chi connectivity index (χ4n) is 3.31. The number of sulfone groups is 1. The van der Waals surface area contributed by atoms with Gasteiger partial charge < -0.3 is 14.7 Å². The average Bonchev–Trinajstić information content (AvgIpc) is 2.94. The number of carboxylic acid groups (broad SMARTS) is 1. The molecule has 3 heterocycles. The van der Waals surface area contributed by atoms with Gasteiger partial charge in [0.2, 0.25) is 5.88 Å². The number of carbonyl (C=O) groups is 1. The molecule has 2 saturated heterocycles. The number of pyridine rings is 1. The number of rotatable bonds is 4. The zero-order valence-electron chi connectivity index (χ0n) is 12.8. The quantitative estimate of drug-likeness (QED) is 0.871. The minimum absolute atomic E-state index is 0.0604. The Balaban J connectivity index is 1.67. The largest absolute Gasteiger partial charge is 0.479 e. The zero-order chi connectivity index (χ0) is 16.5. The topological polar surface area (TPSA) is 96.8 Å². The van der Waals surface area contributed by atoms with Gasteiger partial charge in [-0.3, -0.25) is 0 Å². The Labute approximate surface area is 135 Å². The fraction of sp³-hybridized carbons (Fsp3) is 0.600. The van der Waals surface area contributed by atoms with Crippen molar-refractivity contribution in [2.24, 2.45) is 5.41 Å². The molecule has 0 aliphatic carbocycles. The van der Waals surface area contributed by atoms with Gasteiger partial charge in [0.15, 0.2) is 6.61 Å². The highest BCUT2D eigenvalue weighted by atomic mass is 32.2. The van der Waals surface area contributed by atoms with Crippen molar-refractivity contribution in [3.05, 3.63) is 18.2 Å². The van der Waals surface area contributed by atoms with Crippen LogP contribution in [0.3, 0.4) is 0 Å². The second-order valence-corrected chi connectivity index (χ2v) is 8.64. The molecule has 0 atom stereocenters. The summed E-state index contributed by atoms with van der Waals surface area (Å²) in [6.45, 7) is 1.20. The number of anilines is 1. The Hall–Kier alpha value is -1.83. The molecule has 0 amide bonds. The Bertz CT molecular complexity index is 690. The van der Waals surface area contributed by atoms with Gasteiger partial charge in [0.1, 0.15) is 15.7 Å². The molecule has 23 heavy (non-hydrogen) atoms. The SMILES string of the molecule is O=C(O)COc1cccc(N2CCC3(CCS(=O)(=O)CC3)C2)n1. The monoisotopic (exact) mass is 340 g/mol. The smallest absolute Gasteiger partial charge is 0.341 e. The van der Waals surface area contributed by atoms with Crippen molar-refractivity contribution in [3.63, 3.8) is 0 Å². The lowest BCUT2D eigenvalue weighted by atomic mass is 9.81. The van der Waals surface area contributed by atoms with Gasteiger partial charge in [0, 0.05) is 19.2 Å². The molecule has 8 heteroatoms. The Kier molecular flexibility index (Phi) is 4.18. The van der Waals surface area contributed by atoms with Crippen LogP contribution in [-0.2, 0) is 14.6 Å². The van der Waals surface area contributed by atoms with Gasteiger partial charge in [-0.2, -0.15) is 4.98 Å². The highest BCUT2D eigenvalue weighted by Gasteiger charge is 2.42. The van der Waals surface area contributed by atoms with Crippen LogP contribution in [0.25, 0.3) is 0 Å². The van der Waals surface area contributed by atoms with Gasteiger partial charge in [0.05, 0.1) is 11.5 Å². The van der Waals surface area contributed by atoms with E-state index in [4.69, 9.17) is 9.84 Å². The van der Waals surface area contributed by atoms with E-state index < -0.39 is 22.4 Å². The predicted octanol–water partition coefficient (Wildman–Crippen LogP) is 0.950. The summed E-state index contributed by atoms with van der Waals surface area (Å²) in [6.07, 6.45) is 2.38. The van der Waals surface area contributed by atoms with Crippen LogP contribution >= 0.6 is 0 Å². The lowest BCUT2D eigenvalue weighted by Gasteiger charge is -2.33. The van der Waals surface area contributed by atoms with Crippen molar-refractivity contribution in [1.29, 1.82) is 0 Å². The second-order valence-electron chi connectivity index (χ2n) is 6.34. The molecule has 126 valence electrons. The van der Waals surface area contributed by atoms with E-state index in [1.807, 2.05) is 6.07 Å². The summed E-state index contributed by atoms with van der Waals surface area (Å²) in [5.41, 5.74) is 0.0604. The molecule has 0 bridgehead atoms. The molecule has 2 aliphatic heterocycles. The normalized spacial score (nSPS) is 22.2. The average molecular weight is 340 g/mol. The summed E-state index contributed by atoms with van der Waals surface area (Å²) in [7, 11) is -2.86. The van der Waals surface area contributed by atoms with Crippen LogP contribution in [0, 0.1) is 5.41 Å². The van der Waals surface area contributed by atoms with Gasteiger partial charge in [-0.05, 0) is 30.7 Å². The van der Waals surface area contributed by atoms with Gasteiger partial charge in [-0.25, -0.2) is 13.2 Å². The van der Waals surface area contributed by atoms with Crippen LogP contribution in [0.15, 0.2) is 18.2 Å². The lowest BCUT2D eigenvalue weighted by molar-refractivity contribution is -0.139. The Morgan fingerprint density at radius 2 is 2.04 bits per heavy atom. The van der Waals surface area contributed by atoms with Crippen LogP contribution in [0.5, 0.6) is 5.88 Å². The molecule has 7 nitrogen and oxygen atoms in total. The first-order chi connectivity index (χ1) is 10.9. The third-order valence-electron chi connectivity index (χ3n) is 4.70. The lowest BCUT2D eigenvalue weighted by Crippen LogP contribution is -2.36. The van der Waals surface area contributed by atoms with Crippen molar-refractivity contribution >= 4 is 21.6 Å². The molecular formula is C15H20N2O5S. The van der Waals surface area contributed by atoms with Gasteiger partial charge in [0.25, 0.3) is 0 Å². The third-order valence-corrected chi connectivity index (χ3v) is 6.35. The zero-order valence-corrected chi connectivity index (χ0v) is 13.6. The number of aromatic nitrogens is 1. The van der Waals surface area contributed by atoms with E-state index in [1.54, 1.807) is 12.1 Å². The maximum atomic E-state index is 11.6. The molecule has 2 fully saturated rings. The van der Waals surface area contributed by atoms with Crippen molar-refractivity contribution in [1.82, 2.24) is 4.98 Å². The molecule has 2 aliphatic rings. The van der Waals surface area contributed by atoms with Crippen LogP contribution in [-0.4, -0.2) is 55.7 Å². The molecule has 1 aromatic rings. The maximum Gasteiger partial charge on any atom is 0.341 e. The summed E-state index contributed by atoms with van der Waals surface area (Å²) in [4.78, 5) is 17.0. The van der Waals surface area contributed by atoms with E-state index in [-0.39, 0.29) is 22.8 Å². The highest BCUT2D eigenvalue weighted by molar-refractivity contribution is 7.91. The first-order valence-electron chi connectivity index (χ1n) is 7.65.